The third-order valence-corrected chi connectivity index (χ3v) is 5.18. The smallest absolute Gasteiger partial charge is 0.234 e. The molecule has 0 atom stereocenters. The Hall–Kier alpha value is -2.49. The molecule has 2 aromatic rings. The number of Topliss-reactive ketones (excluding diaryl/α,β-unsaturated/α-hetero) is 2. The Labute approximate surface area is 146 Å². The molecule has 0 saturated heterocycles. The van der Waals surface area contributed by atoms with Crippen molar-refractivity contribution in [1.82, 2.24) is 0 Å². The van der Waals surface area contributed by atoms with Crippen LogP contribution in [-0.4, -0.2) is 17.5 Å². The standard InChI is InChI=1S/C21H21NO3/c1-21(2,3)20(25)22-13-9-12-8-11-6-4-5-7-14(11)17-16(12)15(10-13)18(23)19(17)24/h8-10H,4-7H2,1-3H3,(H,22,25). The molecule has 0 bridgehead atoms. The van der Waals surface area contributed by atoms with Crippen molar-refractivity contribution in [3.8, 4) is 0 Å². The van der Waals surface area contributed by atoms with E-state index in [2.05, 4.69) is 11.4 Å². The fraction of sp³-hybridized carbons (Fsp3) is 0.381. The van der Waals surface area contributed by atoms with Crippen molar-refractivity contribution in [1.29, 1.82) is 0 Å². The molecule has 2 aromatic carbocycles. The highest BCUT2D eigenvalue weighted by atomic mass is 16.2. The van der Waals surface area contributed by atoms with Crippen LogP contribution < -0.4 is 5.32 Å². The molecule has 1 amide bonds. The summed E-state index contributed by atoms with van der Waals surface area (Å²) in [7, 11) is 0. The number of anilines is 1. The minimum atomic E-state index is -0.532. The molecule has 4 heteroatoms. The highest BCUT2D eigenvalue weighted by Gasteiger charge is 2.35. The van der Waals surface area contributed by atoms with Crippen LogP contribution in [0.4, 0.5) is 5.69 Å². The molecule has 128 valence electrons. The number of aryl methyl sites for hydroxylation is 1. The maximum absolute atomic E-state index is 12.6. The molecule has 0 saturated carbocycles. The van der Waals surface area contributed by atoms with Crippen LogP contribution >= 0.6 is 0 Å². The van der Waals surface area contributed by atoms with Crippen molar-refractivity contribution < 1.29 is 14.4 Å². The molecule has 0 heterocycles. The summed E-state index contributed by atoms with van der Waals surface area (Å²) in [4.78, 5) is 37.4. The first-order valence-corrected chi connectivity index (χ1v) is 8.80. The third-order valence-electron chi connectivity index (χ3n) is 5.18. The minimum Gasteiger partial charge on any atom is -0.326 e. The fourth-order valence-electron chi connectivity index (χ4n) is 3.83. The summed E-state index contributed by atoms with van der Waals surface area (Å²) < 4.78 is 0. The van der Waals surface area contributed by atoms with Crippen LogP contribution in [0.1, 0.15) is 65.5 Å². The van der Waals surface area contributed by atoms with Gasteiger partial charge in [0, 0.05) is 27.6 Å². The van der Waals surface area contributed by atoms with E-state index in [0.29, 0.717) is 16.8 Å². The van der Waals surface area contributed by atoms with Crippen LogP contribution in [0.2, 0.25) is 0 Å². The molecule has 0 aliphatic heterocycles. The fourth-order valence-corrected chi connectivity index (χ4v) is 3.83. The Balaban J connectivity index is 1.92. The second-order valence-electron chi connectivity index (χ2n) is 8.08. The molecule has 0 spiro atoms. The third kappa shape index (κ3) is 2.39. The van der Waals surface area contributed by atoms with Gasteiger partial charge in [-0.25, -0.2) is 0 Å². The van der Waals surface area contributed by atoms with Crippen LogP contribution in [0.25, 0.3) is 10.8 Å². The van der Waals surface area contributed by atoms with E-state index in [1.165, 1.54) is 5.56 Å². The number of hydrogen-bond donors (Lipinski definition) is 1. The quantitative estimate of drug-likeness (QED) is 0.799. The van der Waals surface area contributed by atoms with Gasteiger partial charge in [0.15, 0.2) is 0 Å². The minimum absolute atomic E-state index is 0.117. The average molecular weight is 335 g/mol. The van der Waals surface area contributed by atoms with Crippen molar-refractivity contribution in [3.05, 3.63) is 40.5 Å². The van der Waals surface area contributed by atoms with E-state index in [9.17, 15) is 14.4 Å². The van der Waals surface area contributed by atoms with Crippen molar-refractivity contribution >= 4 is 33.9 Å². The molecule has 25 heavy (non-hydrogen) atoms. The first-order chi connectivity index (χ1) is 11.8. The van der Waals surface area contributed by atoms with E-state index in [0.717, 1.165) is 42.0 Å². The Bertz CT molecular complexity index is 963. The van der Waals surface area contributed by atoms with Crippen LogP contribution in [0.15, 0.2) is 18.2 Å². The summed E-state index contributed by atoms with van der Waals surface area (Å²) in [6.07, 6.45) is 3.96. The Morgan fingerprint density at radius 3 is 2.44 bits per heavy atom. The summed E-state index contributed by atoms with van der Waals surface area (Å²) in [5.74, 6) is -0.960. The number of carbonyl (C=O) groups excluding carboxylic acids is 3. The number of benzene rings is 2. The Morgan fingerprint density at radius 2 is 1.72 bits per heavy atom. The summed E-state index contributed by atoms with van der Waals surface area (Å²) in [6, 6.07) is 5.63. The lowest BCUT2D eigenvalue weighted by Crippen LogP contribution is -2.27. The molecule has 0 fully saturated rings. The van der Waals surface area contributed by atoms with Gasteiger partial charge in [0.2, 0.25) is 17.5 Å². The predicted octanol–water partition coefficient (Wildman–Crippen LogP) is 4.08. The molecule has 2 aliphatic carbocycles. The van der Waals surface area contributed by atoms with Crippen molar-refractivity contribution in [2.75, 3.05) is 5.32 Å². The van der Waals surface area contributed by atoms with Gasteiger partial charge in [-0.2, -0.15) is 0 Å². The van der Waals surface area contributed by atoms with Crippen molar-refractivity contribution in [2.24, 2.45) is 5.41 Å². The van der Waals surface area contributed by atoms with Gasteiger partial charge in [-0.3, -0.25) is 14.4 Å². The van der Waals surface area contributed by atoms with Crippen LogP contribution in [0.3, 0.4) is 0 Å². The number of amides is 1. The highest BCUT2D eigenvalue weighted by molar-refractivity contribution is 6.57. The van der Waals surface area contributed by atoms with Gasteiger partial charge in [0.05, 0.1) is 0 Å². The number of rotatable bonds is 1. The lowest BCUT2D eigenvalue weighted by molar-refractivity contribution is -0.123. The van der Waals surface area contributed by atoms with Gasteiger partial charge >= 0.3 is 0 Å². The van der Waals surface area contributed by atoms with E-state index in [1.807, 2.05) is 26.8 Å². The topological polar surface area (TPSA) is 63.2 Å². The lowest BCUT2D eigenvalue weighted by Gasteiger charge is -2.20. The molecule has 0 radical (unpaired) electrons. The van der Waals surface area contributed by atoms with E-state index in [1.54, 1.807) is 6.07 Å². The first kappa shape index (κ1) is 16.0. The van der Waals surface area contributed by atoms with Gasteiger partial charge in [0.1, 0.15) is 0 Å². The number of ketones is 2. The van der Waals surface area contributed by atoms with E-state index in [4.69, 9.17) is 0 Å². The summed E-state index contributed by atoms with van der Waals surface area (Å²) in [5.41, 5.74) is 3.31. The predicted molar refractivity (Wildman–Crippen MR) is 97.3 cm³/mol. The molecule has 1 N–H and O–H groups in total. The second kappa shape index (κ2) is 5.25. The summed E-state index contributed by atoms with van der Waals surface area (Å²) in [5, 5.41) is 4.52. The van der Waals surface area contributed by atoms with Crippen molar-refractivity contribution in [2.45, 2.75) is 46.5 Å². The molecule has 0 aromatic heterocycles. The molecule has 4 rings (SSSR count). The monoisotopic (exact) mass is 335 g/mol. The van der Waals surface area contributed by atoms with E-state index >= 15 is 0 Å². The zero-order valence-corrected chi connectivity index (χ0v) is 14.8. The molecular weight excluding hydrogens is 314 g/mol. The normalized spacial score (nSPS) is 16.3. The number of carbonyl (C=O) groups is 3. The van der Waals surface area contributed by atoms with Gasteiger partial charge in [-0.15, -0.1) is 0 Å². The molecule has 2 aliphatic rings. The van der Waals surface area contributed by atoms with E-state index in [-0.39, 0.29) is 5.91 Å². The van der Waals surface area contributed by atoms with Crippen LogP contribution in [-0.2, 0) is 17.6 Å². The zero-order valence-electron chi connectivity index (χ0n) is 14.8. The number of hydrogen-bond acceptors (Lipinski definition) is 3. The largest absolute Gasteiger partial charge is 0.326 e. The Kier molecular flexibility index (Phi) is 3.36. The maximum Gasteiger partial charge on any atom is 0.234 e. The van der Waals surface area contributed by atoms with Crippen LogP contribution in [0, 0.1) is 5.41 Å². The molecule has 4 nitrogen and oxygen atoms in total. The zero-order chi connectivity index (χ0) is 17.9. The highest BCUT2D eigenvalue weighted by Crippen LogP contribution is 2.39. The molecule has 0 unspecified atom stereocenters. The summed E-state index contributed by atoms with van der Waals surface area (Å²) in [6.45, 7) is 5.52. The van der Waals surface area contributed by atoms with Crippen LogP contribution in [0.5, 0.6) is 0 Å². The Morgan fingerprint density at radius 1 is 1.00 bits per heavy atom. The maximum atomic E-state index is 12.6. The van der Waals surface area contributed by atoms with Gasteiger partial charge in [-0.1, -0.05) is 26.8 Å². The van der Waals surface area contributed by atoms with E-state index < -0.39 is 17.0 Å². The second-order valence-corrected chi connectivity index (χ2v) is 8.08. The SMILES string of the molecule is CC(C)(C)C(=O)Nc1cc2c3c(c4c(cc3c1)CCCC4)C(=O)C2=O. The number of fused-ring (bicyclic) bond motifs is 2. The van der Waals surface area contributed by atoms with Gasteiger partial charge in [-0.05, 0) is 54.3 Å². The van der Waals surface area contributed by atoms with Gasteiger partial charge < -0.3 is 5.32 Å². The lowest BCUT2D eigenvalue weighted by atomic mass is 9.85. The summed E-state index contributed by atoms with van der Waals surface area (Å²) >= 11 is 0. The average Bonchev–Trinajstić information content (AvgIpc) is 2.80. The van der Waals surface area contributed by atoms with Crippen molar-refractivity contribution in [3.63, 3.8) is 0 Å². The van der Waals surface area contributed by atoms with Gasteiger partial charge in [0.25, 0.3) is 0 Å². The first-order valence-electron chi connectivity index (χ1n) is 8.80. The molecular formula is C21H21NO3. The number of nitrogens with one attached hydrogen (secondary N) is 1.